The van der Waals surface area contributed by atoms with E-state index in [0.717, 1.165) is 5.56 Å². The van der Waals surface area contributed by atoms with Crippen molar-refractivity contribution >= 4 is 46.8 Å². The number of aryl methyl sites for hydroxylation is 1. The molecule has 2 aromatic rings. The molecule has 1 N–H and O–H groups in total. The van der Waals surface area contributed by atoms with Crippen LogP contribution < -0.4 is 5.32 Å². The summed E-state index contributed by atoms with van der Waals surface area (Å²) in [4.78, 5) is 23.7. The first-order chi connectivity index (χ1) is 12.3. The molecule has 1 heterocycles. The third kappa shape index (κ3) is 5.43. The fourth-order valence-corrected chi connectivity index (χ4v) is 3.34. The maximum atomic E-state index is 12.1. The highest BCUT2D eigenvalue weighted by Crippen LogP contribution is 2.26. The molecule has 5 nitrogen and oxygen atoms in total. The second-order valence-electron chi connectivity index (χ2n) is 5.63. The smallest absolute Gasteiger partial charge is 0.341 e. The van der Waals surface area contributed by atoms with E-state index in [1.54, 1.807) is 25.1 Å². The van der Waals surface area contributed by atoms with Crippen molar-refractivity contribution in [3.05, 3.63) is 57.0 Å². The molecular weight excluding hydrogens is 397 g/mol. The number of furan rings is 1. The lowest BCUT2D eigenvalue weighted by Gasteiger charge is -2.14. The van der Waals surface area contributed by atoms with Gasteiger partial charge >= 0.3 is 5.97 Å². The van der Waals surface area contributed by atoms with Gasteiger partial charge in [0.25, 0.3) is 0 Å². The van der Waals surface area contributed by atoms with E-state index >= 15 is 0 Å². The highest BCUT2D eigenvalue weighted by Gasteiger charge is 2.16. The van der Waals surface area contributed by atoms with E-state index in [1.165, 1.54) is 18.9 Å². The van der Waals surface area contributed by atoms with Crippen molar-refractivity contribution in [1.29, 1.82) is 0 Å². The number of esters is 1. The summed E-state index contributed by atoms with van der Waals surface area (Å²) in [5.41, 5.74) is 1.28. The Labute approximate surface area is 166 Å². The number of methoxy groups -OCH3 is 1. The number of halogens is 2. The summed E-state index contributed by atoms with van der Waals surface area (Å²) < 4.78 is 10.2. The van der Waals surface area contributed by atoms with Crippen LogP contribution in [0.3, 0.4) is 0 Å². The van der Waals surface area contributed by atoms with Crippen molar-refractivity contribution in [3.8, 4) is 0 Å². The molecular formula is C18H19Cl2NO4S. The molecule has 1 atom stereocenters. The first-order valence-electron chi connectivity index (χ1n) is 7.81. The number of ether oxygens (including phenoxy) is 1. The van der Waals surface area contributed by atoms with Crippen molar-refractivity contribution in [3.63, 3.8) is 0 Å². The molecule has 140 valence electrons. The van der Waals surface area contributed by atoms with Crippen LogP contribution in [-0.4, -0.2) is 24.7 Å². The molecule has 1 aromatic heterocycles. The van der Waals surface area contributed by atoms with Crippen LogP contribution in [0.2, 0.25) is 10.0 Å². The maximum Gasteiger partial charge on any atom is 0.341 e. The van der Waals surface area contributed by atoms with Crippen LogP contribution in [0.15, 0.2) is 28.7 Å². The lowest BCUT2D eigenvalue weighted by Crippen LogP contribution is -2.28. The molecule has 26 heavy (non-hydrogen) atoms. The van der Waals surface area contributed by atoms with Crippen LogP contribution in [0.4, 0.5) is 0 Å². The van der Waals surface area contributed by atoms with Crippen LogP contribution in [0.25, 0.3) is 0 Å². The minimum Gasteiger partial charge on any atom is -0.465 e. The summed E-state index contributed by atoms with van der Waals surface area (Å²) in [5.74, 6) is 1.33. The number of amides is 1. The zero-order valence-corrected chi connectivity index (χ0v) is 16.9. The minimum atomic E-state index is -0.435. The van der Waals surface area contributed by atoms with Crippen molar-refractivity contribution in [2.24, 2.45) is 0 Å². The van der Waals surface area contributed by atoms with Gasteiger partial charge in [-0.3, -0.25) is 4.79 Å². The second-order valence-corrected chi connectivity index (χ2v) is 7.43. The first-order valence-corrected chi connectivity index (χ1v) is 9.72. The van der Waals surface area contributed by atoms with E-state index in [9.17, 15) is 9.59 Å². The Morgan fingerprint density at radius 2 is 2.00 bits per heavy atom. The molecule has 0 fully saturated rings. The molecule has 0 unspecified atom stereocenters. The predicted molar refractivity (Wildman–Crippen MR) is 104 cm³/mol. The monoisotopic (exact) mass is 415 g/mol. The number of nitrogens with one attached hydrogen (secondary N) is 1. The van der Waals surface area contributed by atoms with Crippen molar-refractivity contribution in [1.82, 2.24) is 5.32 Å². The van der Waals surface area contributed by atoms with Crippen LogP contribution in [0, 0.1) is 6.92 Å². The fraction of sp³-hybridized carbons (Fsp3) is 0.333. The van der Waals surface area contributed by atoms with Gasteiger partial charge in [0.15, 0.2) is 0 Å². The number of benzene rings is 1. The lowest BCUT2D eigenvalue weighted by atomic mass is 10.1. The zero-order chi connectivity index (χ0) is 19.3. The van der Waals surface area contributed by atoms with Crippen molar-refractivity contribution in [2.45, 2.75) is 25.6 Å². The standard InChI is InChI=1S/C18H19Cl2NO4S/c1-10(12-4-5-15(19)16(20)6-12)21-17(22)9-26-8-13-7-14(11(2)25-13)18(23)24-3/h4-7,10H,8-9H2,1-3H3,(H,21,22)/t10-/m0/s1. The van der Waals surface area contributed by atoms with E-state index in [0.29, 0.717) is 32.9 Å². The fourth-order valence-electron chi connectivity index (χ4n) is 2.32. The van der Waals surface area contributed by atoms with Crippen LogP contribution >= 0.6 is 35.0 Å². The minimum absolute atomic E-state index is 0.106. The third-order valence-electron chi connectivity index (χ3n) is 3.67. The average molecular weight is 416 g/mol. The highest BCUT2D eigenvalue weighted by atomic mass is 35.5. The Hall–Kier alpha value is -1.63. The molecule has 0 radical (unpaired) electrons. The number of rotatable bonds is 7. The molecule has 0 aliphatic heterocycles. The van der Waals surface area contributed by atoms with Gasteiger partial charge in [-0.1, -0.05) is 29.3 Å². The summed E-state index contributed by atoms with van der Waals surface area (Å²) in [5, 5.41) is 3.84. The average Bonchev–Trinajstić information content (AvgIpc) is 2.97. The number of hydrogen-bond donors (Lipinski definition) is 1. The SMILES string of the molecule is COC(=O)c1cc(CSCC(=O)N[C@@H](C)c2ccc(Cl)c(Cl)c2)oc1C. The molecule has 0 bridgehead atoms. The lowest BCUT2D eigenvalue weighted by molar-refractivity contribution is -0.119. The molecule has 0 aliphatic carbocycles. The quantitative estimate of drug-likeness (QED) is 0.658. The maximum absolute atomic E-state index is 12.1. The van der Waals surface area contributed by atoms with Gasteiger partial charge in [0, 0.05) is 0 Å². The van der Waals surface area contributed by atoms with E-state index in [-0.39, 0.29) is 17.7 Å². The van der Waals surface area contributed by atoms with Gasteiger partial charge in [-0.25, -0.2) is 4.79 Å². The molecule has 8 heteroatoms. The number of thioether (sulfide) groups is 1. The van der Waals surface area contributed by atoms with Gasteiger partial charge in [0.05, 0.1) is 34.7 Å². The summed E-state index contributed by atoms with van der Waals surface area (Å²) in [7, 11) is 1.32. The van der Waals surface area contributed by atoms with Gasteiger partial charge in [0.1, 0.15) is 17.1 Å². The third-order valence-corrected chi connectivity index (χ3v) is 5.37. The van der Waals surface area contributed by atoms with Gasteiger partial charge in [-0.05, 0) is 37.6 Å². The molecule has 0 saturated carbocycles. The van der Waals surface area contributed by atoms with E-state index in [1.807, 2.05) is 13.0 Å². The normalized spacial score (nSPS) is 11.9. The molecule has 2 rings (SSSR count). The summed E-state index contributed by atoms with van der Waals surface area (Å²) in [6.45, 7) is 3.58. The Kier molecular flexibility index (Phi) is 7.43. The van der Waals surface area contributed by atoms with Crippen LogP contribution in [0.5, 0.6) is 0 Å². The number of carbonyl (C=O) groups is 2. The molecule has 0 aliphatic rings. The second kappa shape index (κ2) is 9.35. The zero-order valence-electron chi connectivity index (χ0n) is 14.6. The molecule has 0 saturated heterocycles. The van der Waals surface area contributed by atoms with E-state index < -0.39 is 5.97 Å². The number of carbonyl (C=O) groups excluding carboxylic acids is 2. The topological polar surface area (TPSA) is 68.5 Å². The Balaban J connectivity index is 1.83. The van der Waals surface area contributed by atoms with Crippen molar-refractivity contribution in [2.75, 3.05) is 12.9 Å². The van der Waals surface area contributed by atoms with Crippen LogP contribution in [0.1, 0.15) is 40.4 Å². The van der Waals surface area contributed by atoms with Gasteiger partial charge in [-0.15, -0.1) is 11.8 Å². The summed E-state index contributed by atoms with van der Waals surface area (Å²) in [6, 6.07) is 6.72. The summed E-state index contributed by atoms with van der Waals surface area (Å²) in [6.07, 6.45) is 0. The molecule has 1 amide bonds. The Morgan fingerprint density at radius 3 is 2.65 bits per heavy atom. The largest absolute Gasteiger partial charge is 0.465 e. The van der Waals surface area contributed by atoms with E-state index in [4.69, 9.17) is 27.6 Å². The Bertz CT molecular complexity index is 806. The predicted octanol–water partition coefficient (Wildman–Crippen LogP) is 4.79. The van der Waals surface area contributed by atoms with Gasteiger partial charge in [0.2, 0.25) is 5.91 Å². The van der Waals surface area contributed by atoms with E-state index in [2.05, 4.69) is 10.1 Å². The molecule has 1 aromatic carbocycles. The number of hydrogen-bond acceptors (Lipinski definition) is 5. The highest BCUT2D eigenvalue weighted by molar-refractivity contribution is 7.99. The summed E-state index contributed by atoms with van der Waals surface area (Å²) >= 11 is 13.3. The molecule has 0 spiro atoms. The Morgan fingerprint density at radius 1 is 1.27 bits per heavy atom. The van der Waals surface area contributed by atoms with Gasteiger partial charge in [-0.2, -0.15) is 0 Å². The van der Waals surface area contributed by atoms with Crippen LogP contribution in [-0.2, 0) is 15.3 Å². The van der Waals surface area contributed by atoms with Crippen molar-refractivity contribution < 1.29 is 18.7 Å². The van der Waals surface area contributed by atoms with Gasteiger partial charge < -0.3 is 14.5 Å². The first kappa shape index (κ1) is 20.7.